The number of hydrogen-bond acceptors (Lipinski definition) is 2. The summed E-state index contributed by atoms with van der Waals surface area (Å²) in [5.74, 6) is -1.84. The lowest BCUT2D eigenvalue weighted by molar-refractivity contribution is 0.102. The van der Waals surface area contributed by atoms with E-state index < -0.39 is 17.5 Å². The average molecular weight is 292 g/mol. The molecule has 0 aromatic heterocycles. The predicted octanol–water partition coefficient (Wildman–Crippen LogP) is 2.85. The van der Waals surface area contributed by atoms with Crippen LogP contribution in [0.4, 0.5) is 14.5 Å². The number of amides is 1. The SMILES string of the molecule is NC(=S)c1cc(F)ccc1NC(=O)c1ccccc1F. The lowest BCUT2D eigenvalue weighted by Crippen LogP contribution is -2.18. The van der Waals surface area contributed by atoms with Crippen molar-refractivity contribution in [3.05, 3.63) is 65.2 Å². The second-order valence-electron chi connectivity index (χ2n) is 3.99. The Kier molecular flexibility index (Phi) is 4.05. The molecule has 20 heavy (non-hydrogen) atoms. The average Bonchev–Trinajstić information content (AvgIpc) is 2.41. The smallest absolute Gasteiger partial charge is 0.258 e. The Hall–Kier alpha value is -2.34. The van der Waals surface area contributed by atoms with Gasteiger partial charge >= 0.3 is 0 Å². The molecule has 2 aromatic rings. The molecule has 0 spiro atoms. The standard InChI is InChI=1S/C14H10F2N2OS/c15-8-5-6-12(10(7-8)13(17)20)18-14(19)9-3-1-2-4-11(9)16/h1-7H,(H2,17,20)(H,18,19). The van der Waals surface area contributed by atoms with Gasteiger partial charge in [-0.2, -0.15) is 0 Å². The summed E-state index contributed by atoms with van der Waals surface area (Å²) in [6.07, 6.45) is 0. The van der Waals surface area contributed by atoms with Crippen molar-refractivity contribution in [3.8, 4) is 0 Å². The molecule has 0 radical (unpaired) electrons. The molecular formula is C14H10F2N2OS. The second-order valence-corrected chi connectivity index (χ2v) is 4.43. The summed E-state index contributed by atoms with van der Waals surface area (Å²) in [7, 11) is 0. The van der Waals surface area contributed by atoms with E-state index in [1.54, 1.807) is 0 Å². The molecule has 0 saturated carbocycles. The molecular weight excluding hydrogens is 282 g/mol. The highest BCUT2D eigenvalue weighted by Crippen LogP contribution is 2.18. The normalized spacial score (nSPS) is 10.1. The van der Waals surface area contributed by atoms with Gasteiger partial charge < -0.3 is 11.1 Å². The Morgan fingerprint density at radius 2 is 1.80 bits per heavy atom. The molecule has 3 N–H and O–H groups in total. The molecule has 6 heteroatoms. The molecule has 0 fully saturated rings. The Morgan fingerprint density at radius 1 is 1.10 bits per heavy atom. The minimum atomic E-state index is -0.660. The Labute approximate surface area is 119 Å². The third-order valence-corrected chi connectivity index (χ3v) is 2.83. The molecule has 0 saturated heterocycles. The summed E-state index contributed by atoms with van der Waals surface area (Å²) in [6.45, 7) is 0. The van der Waals surface area contributed by atoms with Crippen LogP contribution in [0.3, 0.4) is 0 Å². The number of nitrogens with two attached hydrogens (primary N) is 1. The molecule has 0 bridgehead atoms. The maximum atomic E-state index is 13.5. The molecule has 2 aromatic carbocycles. The zero-order valence-corrected chi connectivity index (χ0v) is 11.0. The Balaban J connectivity index is 2.33. The number of carbonyl (C=O) groups excluding carboxylic acids is 1. The number of rotatable bonds is 3. The van der Waals surface area contributed by atoms with Crippen molar-refractivity contribution >= 4 is 28.8 Å². The number of hydrogen-bond donors (Lipinski definition) is 2. The zero-order chi connectivity index (χ0) is 14.7. The lowest BCUT2D eigenvalue weighted by Gasteiger charge is -2.10. The van der Waals surface area contributed by atoms with Gasteiger partial charge in [0.15, 0.2) is 0 Å². The van der Waals surface area contributed by atoms with Crippen LogP contribution < -0.4 is 11.1 Å². The fraction of sp³-hybridized carbons (Fsp3) is 0. The van der Waals surface area contributed by atoms with Crippen molar-refractivity contribution in [2.75, 3.05) is 5.32 Å². The maximum absolute atomic E-state index is 13.5. The van der Waals surface area contributed by atoms with Gasteiger partial charge in [-0.3, -0.25) is 4.79 Å². The van der Waals surface area contributed by atoms with Crippen molar-refractivity contribution < 1.29 is 13.6 Å². The molecule has 102 valence electrons. The van der Waals surface area contributed by atoms with E-state index >= 15 is 0 Å². The van der Waals surface area contributed by atoms with Gasteiger partial charge in [0.1, 0.15) is 16.6 Å². The van der Waals surface area contributed by atoms with Crippen molar-refractivity contribution in [2.24, 2.45) is 5.73 Å². The predicted molar refractivity (Wildman–Crippen MR) is 76.6 cm³/mol. The molecule has 1 amide bonds. The van der Waals surface area contributed by atoms with Gasteiger partial charge in [-0.1, -0.05) is 24.4 Å². The van der Waals surface area contributed by atoms with Crippen LogP contribution in [0.5, 0.6) is 0 Å². The highest BCUT2D eigenvalue weighted by atomic mass is 32.1. The Morgan fingerprint density at radius 3 is 2.45 bits per heavy atom. The fourth-order valence-corrected chi connectivity index (χ4v) is 1.83. The fourth-order valence-electron chi connectivity index (χ4n) is 1.66. The number of anilines is 1. The molecule has 0 heterocycles. The zero-order valence-electron chi connectivity index (χ0n) is 10.2. The third-order valence-electron chi connectivity index (χ3n) is 2.61. The van der Waals surface area contributed by atoms with Crippen LogP contribution in [0.25, 0.3) is 0 Å². The summed E-state index contributed by atoms with van der Waals surface area (Å²) >= 11 is 4.79. The lowest BCUT2D eigenvalue weighted by atomic mass is 10.1. The van der Waals surface area contributed by atoms with E-state index in [2.05, 4.69) is 5.32 Å². The van der Waals surface area contributed by atoms with Crippen LogP contribution in [0.1, 0.15) is 15.9 Å². The van der Waals surface area contributed by atoms with Gasteiger partial charge in [0.2, 0.25) is 0 Å². The molecule has 0 aliphatic heterocycles. The van der Waals surface area contributed by atoms with Gasteiger partial charge in [-0.25, -0.2) is 8.78 Å². The summed E-state index contributed by atoms with van der Waals surface area (Å²) in [5.41, 5.74) is 5.76. The molecule has 0 aliphatic carbocycles. The van der Waals surface area contributed by atoms with E-state index in [9.17, 15) is 13.6 Å². The van der Waals surface area contributed by atoms with Crippen molar-refractivity contribution in [1.82, 2.24) is 0 Å². The Bertz CT molecular complexity index is 689. The van der Waals surface area contributed by atoms with Crippen LogP contribution in [0, 0.1) is 11.6 Å². The second kappa shape index (κ2) is 5.75. The van der Waals surface area contributed by atoms with E-state index in [0.29, 0.717) is 0 Å². The summed E-state index contributed by atoms with van der Waals surface area (Å²) < 4.78 is 26.6. The van der Waals surface area contributed by atoms with Crippen LogP contribution in [0.2, 0.25) is 0 Å². The summed E-state index contributed by atoms with van der Waals surface area (Å²) in [4.78, 5) is 11.9. The number of benzene rings is 2. The van der Waals surface area contributed by atoms with Gasteiger partial charge in [0, 0.05) is 5.56 Å². The van der Waals surface area contributed by atoms with Gasteiger partial charge in [-0.15, -0.1) is 0 Å². The van der Waals surface area contributed by atoms with Crippen molar-refractivity contribution in [2.45, 2.75) is 0 Å². The molecule has 0 atom stereocenters. The van der Waals surface area contributed by atoms with Gasteiger partial charge in [0.05, 0.1) is 11.3 Å². The first kappa shape index (κ1) is 14.1. The number of nitrogens with one attached hydrogen (secondary N) is 1. The van der Waals surface area contributed by atoms with Crippen LogP contribution >= 0.6 is 12.2 Å². The van der Waals surface area contributed by atoms with E-state index in [1.165, 1.54) is 30.3 Å². The third kappa shape index (κ3) is 2.97. The number of thiocarbonyl (C=S) groups is 1. The minimum absolute atomic E-state index is 0.0617. The summed E-state index contributed by atoms with van der Waals surface area (Å²) in [6, 6.07) is 9.12. The van der Waals surface area contributed by atoms with Crippen LogP contribution in [0.15, 0.2) is 42.5 Å². The van der Waals surface area contributed by atoms with Gasteiger partial charge in [0.25, 0.3) is 5.91 Å². The molecule has 3 nitrogen and oxygen atoms in total. The molecule has 0 aliphatic rings. The van der Waals surface area contributed by atoms with E-state index in [1.807, 2.05) is 0 Å². The number of halogens is 2. The van der Waals surface area contributed by atoms with Gasteiger partial charge in [-0.05, 0) is 30.3 Å². The first-order valence-electron chi connectivity index (χ1n) is 5.64. The molecule has 0 unspecified atom stereocenters. The van der Waals surface area contributed by atoms with E-state index in [4.69, 9.17) is 18.0 Å². The number of carbonyl (C=O) groups is 1. The highest BCUT2D eigenvalue weighted by molar-refractivity contribution is 7.80. The first-order valence-corrected chi connectivity index (χ1v) is 6.05. The van der Waals surface area contributed by atoms with Crippen LogP contribution in [-0.4, -0.2) is 10.9 Å². The van der Waals surface area contributed by atoms with Crippen LogP contribution in [-0.2, 0) is 0 Å². The van der Waals surface area contributed by atoms with Crippen molar-refractivity contribution in [3.63, 3.8) is 0 Å². The quantitative estimate of drug-likeness (QED) is 0.855. The largest absolute Gasteiger partial charge is 0.389 e. The monoisotopic (exact) mass is 292 g/mol. The maximum Gasteiger partial charge on any atom is 0.258 e. The highest BCUT2D eigenvalue weighted by Gasteiger charge is 2.14. The minimum Gasteiger partial charge on any atom is -0.389 e. The molecule has 2 rings (SSSR count). The first-order chi connectivity index (χ1) is 9.49. The van der Waals surface area contributed by atoms with E-state index in [-0.39, 0.29) is 21.8 Å². The van der Waals surface area contributed by atoms with Crippen molar-refractivity contribution in [1.29, 1.82) is 0 Å². The topological polar surface area (TPSA) is 55.1 Å². The van der Waals surface area contributed by atoms with E-state index in [0.717, 1.165) is 12.1 Å². The summed E-state index contributed by atoms with van der Waals surface area (Å²) in [5, 5.41) is 2.46.